The first-order valence-electron chi connectivity index (χ1n) is 4.19. The highest BCUT2D eigenvalue weighted by molar-refractivity contribution is 14.0. The van der Waals surface area contributed by atoms with Crippen LogP contribution in [0.25, 0.3) is 11.6 Å². The van der Waals surface area contributed by atoms with Crippen LogP contribution in [0.1, 0.15) is 6.42 Å². The van der Waals surface area contributed by atoms with Crippen molar-refractivity contribution in [3.05, 3.63) is 33.7 Å². The maximum atomic E-state index is 5.65. The van der Waals surface area contributed by atoms with Crippen LogP contribution in [0.2, 0.25) is 0 Å². The Bertz CT molecular complexity index is 551. The van der Waals surface area contributed by atoms with Crippen molar-refractivity contribution in [3.8, 4) is 0 Å². The van der Waals surface area contributed by atoms with Gasteiger partial charge in [-0.05, 0) is 23.6 Å². The number of anilines is 1. The zero-order chi connectivity index (χ0) is 8.84. The number of nitrogens with two attached hydrogens (primary N) is 1. The van der Waals surface area contributed by atoms with E-state index in [1.165, 1.54) is 15.7 Å². The van der Waals surface area contributed by atoms with Gasteiger partial charge in [0.05, 0.1) is 9.88 Å². The molecule has 1 heterocycles. The maximum absolute atomic E-state index is 5.65. The molecule has 0 amide bonds. The fourth-order valence-corrected chi connectivity index (χ4v) is 2.56. The van der Waals surface area contributed by atoms with E-state index in [1.807, 2.05) is 0 Å². The van der Waals surface area contributed by atoms with E-state index in [1.54, 1.807) is 11.3 Å². The molecule has 0 fully saturated rings. The Kier molecular flexibility index (Phi) is 2.48. The highest BCUT2D eigenvalue weighted by Crippen LogP contribution is 2.23. The van der Waals surface area contributed by atoms with Crippen LogP contribution in [-0.4, -0.2) is 4.98 Å². The molecule has 1 aromatic heterocycles. The molecule has 1 aromatic rings. The Morgan fingerprint density at radius 3 is 3.14 bits per heavy atom. The van der Waals surface area contributed by atoms with Gasteiger partial charge in [0.1, 0.15) is 0 Å². The molecule has 2 N–H and O–H groups in total. The minimum absolute atomic E-state index is 0. The molecule has 0 aromatic carbocycles. The summed E-state index contributed by atoms with van der Waals surface area (Å²) in [6.07, 6.45) is 9.52. The molecule has 2 nitrogen and oxygen atoms in total. The third kappa shape index (κ3) is 1.33. The minimum atomic E-state index is 0. The van der Waals surface area contributed by atoms with Gasteiger partial charge in [0.15, 0.2) is 5.13 Å². The second-order valence-electron chi connectivity index (χ2n) is 3.14. The van der Waals surface area contributed by atoms with Crippen LogP contribution in [-0.2, 0) is 0 Å². The standard InChI is InChI=1S/C10H8N2S.HI/c11-10-12-9-7-4-2-1-3-6(7)5-8(9)13-10;/h1-3,5H,4H2,(H2,11,12);1H. The fourth-order valence-electron chi connectivity index (χ4n) is 1.75. The second-order valence-corrected chi connectivity index (χ2v) is 4.20. The summed E-state index contributed by atoms with van der Waals surface area (Å²) in [4.78, 5) is 4.33. The largest absolute Gasteiger partial charge is 0.375 e. The molecule has 0 saturated heterocycles. The quantitative estimate of drug-likeness (QED) is 0.730. The van der Waals surface area contributed by atoms with Crippen LogP contribution in [0.15, 0.2) is 23.8 Å². The van der Waals surface area contributed by atoms with E-state index in [4.69, 9.17) is 5.73 Å². The lowest BCUT2D eigenvalue weighted by Gasteiger charge is -2.03. The molecule has 0 aliphatic heterocycles. The molecule has 3 rings (SSSR count). The lowest BCUT2D eigenvalue weighted by atomic mass is 10.0. The number of nitrogen functional groups attached to an aromatic ring is 1. The first-order valence-corrected chi connectivity index (χ1v) is 5.01. The normalized spacial score (nSPS) is 16.6. The van der Waals surface area contributed by atoms with Crippen molar-refractivity contribution in [2.75, 3.05) is 5.73 Å². The van der Waals surface area contributed by atoms with Gasteiger partial charge in [0.2, 0.25) is 0 Å². The smallest absolute Gasteiger partial charge is 0.181 e. The van der Waals surface area contributed by atoms with E-state index in [9.17, 15) is 0 Å². The van der Waals surface area contributed by atoms with Crippen LogP contribution in [0.5, 0.6) is 0 Å². The van der Waals surface area contributed by atoms with Crippen LogP contribution < -0.4 is 15.6 Å². The molecular weight excluding hydrogens is 307 g/mol. The first kappa shape index (κ1) is 9.92. The van der Waals surface area contributed by atoms with Gasteiger partial charge in [-0.1, -0.05) is 29.6 Å². The van der Waals surface area contributed by atoms with Gasteiger partial charge in [-0.25, -0.2) is 4.98 Å². The Labute approximate surface area is 103 Å². The Morgan fingerprint density at radius 2 is 2.29 bits per heavy atom. The SMILES string of the molecule is I.Nc1nc2c(s1)=CC1=CC=CCC=21. The van der Waals surface area contributed by atoms with Gasteiger partial charge in [-0.2, -0.15) is 0 Å². The summed E-state index contributed by atoms with van der Waals surface area (Å²) in [5.41, 5.74) is 8.27. The van der Waals surface area contributed by atoms with Crippen molar-refractivity contribution in [3.63, 3.8) is 0 Å². The summed E-state index contributed by atoms with van der Waals surface area (Å²) in [6.45, 7) is 0. The van der Waals surface area contributed by atoms with Crippen molar-refractivity contribution in [1.82, 2.24) is 4.98 Å². The number of aromatic nitrogens is 1. The van der Waals surface area contributed by atoms with Crippen LogP contribution >= 0.6 is 35.3 Å². The highest BCUT2D eigenvalue weighted by atomic mass is 127. The van der Waals surface area contributed by atoms with Crippen LogP contribution in [0.4, 0.5) is 5.13 Å². The molecule has 4 heteroatoms. The summed E-state index contributed by atoms with van der Waals surface area (Å²) in [7, 11) is 0. The molecule has 0 spiro atoms. The van der Waals surface area contributed by atoms with Crippen LogP contribution in [0, 0.1) is 0 Å². The number of allylic oxidation sites excluding steroid dienone is 4. The molecule has 0 saturated carbocycles. The number of thiazole rings is 1. The molecule has 0 unspecified atom stereocenters. The average Bonchev–Trinajstić information content (AvgIpc) is 2.60. The topological polar surface area (TPSA) is 38.9 Å². The number of rotatable bonds is 0. The molecule has 14 heavy (non-hydrogen) atoms. The minimum Gasteiger partial charge on any atom is -0.375 e. The summed E-state index contributed by atoms with van der Waals surface area (Å²) >= 11 is 1.56. The van der Waals surface area contributed by atoms with Crippen molar-refractivity contribution in [1.29, 1.82) is 0 Å². The lowest BCUT2D eigenvalue weighted by molar-refractivity contribution is 1.26. The molecule has 0 atom stereocenters. The zero-order valence-corrected chi connectivity index (χ0v) is 10.5. The predicted octanol–water partition coefficient (Wildman–Crippen LogP) is 1.17. The Balaban J connectivity index is 0.000000750. The number of halogens is 1. The van der Waals surface area contributed by atoms with E-state index in [-0.39, 0.29) is 24.0 Å². The fraction of sp³-hybridized carbons (Fsp3) is 0.100. The average molecular weight is 316 g/mol. The van der Waals surface area contributed by atoms with E-state index in [2.05, 4.69) is 29.3 Å². The summed E-state index contributed by atoms with van der Waals surface area (Å²) in [5.74, 6) is 0. The van der Waals surface area contributed by atoms with Gasteiger partial charge in [0, 0.05) is 0 Å². The van der Waals surface area contributed by atoms with Crippen molar-refractivity contribution in [2.45, 2.75) is 6.42 Å². The molecule has 72 valence electrons. The molecular formula is C10H9IN2S. The molecule has 2 aliphatic rings. The molecule has 0 bridgehead atoms. The van der Waals surface area contributed by atoms with Gasteiger partial charge in [-0.3, -0.25) is 0 Å². The Hall–Kier alpha value is -0.620. The third-order valence-corrected chi connectivity index (χ3v) is 3.16. The number of fused-ring (bicyclic) bond motifs is 2. The van der Waals surface area contributed by atoms with E-state index in [0.29, 0.717) is 5.13 Å². The summed E-state index contributed by atoms with van der Waals surface area (Å²) in [5, 5.41) is 1.76. The number of hydrogen-bond donors (Lipinski definition) is 1. The number of hydrogen-bond acceptors (Lipinski definition) is 3. The number of nitrogens with zero attached hydrogens (tertiary/aromatic N) is 1. The monoisotopic (exact) mass is 316 g/mol. The molecule has 2 aliphatic carbocycles. The van der Waals surface area contributed by atoms with Gasteiger partial charge >= 0.3 is 0 Å². The Morgan fingerprint density at radius 1 is 1.43 bits per heavy atom. The van der Waals surface area contributed by atoms with Gasteiger partial charge in [0.25, 0.3) is 0 Å². The third-order valence-electron chi connectivity index (χ3n) is 2.32. The van der Waals surface area contributed by atoms with E-state index < -0.39 is 0 Å². The van der Waals surface area contributed by atoms with Gasteiger partial charge in [-0.15, -0.1) is 24.0 Å². The van der Waals surface area contributed by atoms with E-state index >= 15 is 0 Å². The highest BCUT2D eigenvalue weighted by Gasteiger charge is 2.14. The lowest BCUT2D eigenvalue weighted by Crippen LogP contribution is -2.19. The van der Waals surface area contributed by atoms with Crippen molar-refractivity contribution < 1.29 is 0 Å². The van der Waals surface area contributed by atoms with Crippen LogP contribution in [0.3, 0.4) is 0 Å². The predicted molar refractivity (Wildman–Crippen MR) is 70.9 cm³/mol. The van der Waals surface area contributed by atoms with Gasteiger partial charge < -0.3 is 5.73 Å². The summed E-state index contributed by atoms with van der Waals surface area (Å²) < 4.78 is 1.21. The summed E-state index contributed by atoms with van der Waals surface area (Å²) in [6, 6.07) is 0. The first-order chi connectivity index (χ1) is 6.34. The zero-order valence-electron chi connectivity index (χ0n) is 7.36. The van der Waals surface area contributed by atoms with E-state index in [0.717, 1.165) is 11.8 Å². The van der Waals surface area contributed by atoms with Crippen molar-refractivity contribution in [2.24, 2.45) is 0 Å². The second kappa shape index (κ2) is 3.51. The maximum Gasteiger partial charge on any atom is 0.181 e. The molecule has 0 radical (unpaired) electrons. The van der Waals surface area contributed by atoms with Crippen molar-refractivity contribution >= 4 is 52.1 Å².